The lowest BCUT2D eigenvalue weighted by molar-refractivity contribution is -0.135. The third-order valence-corrected chi connectivity index (χ3v) is 12.9. The molecule has 2 aliphatic heterocycles. The number of carbonyl (C=O) groups is 4. The lowest BCUT2D eigenvalue weighted by Crippen LogP contribution is -2.59. The van der Waals surface area contributed by atoms with Crippen LogP contribution in [0.5, 0.6) is 17.2 Å². The van der Waals surface area contributed by atoms with Crippen LogP contribution >= 0.6 is 0 Å². The fraction of sp³-hybridized carbons (Fsp3) is 0.292. The van der Waals surface area contributed by atoms with Crippen LogP contribution in [-0.2, 0) is 29.3 Å². The highest BCUT2D eigenvalue weighted by atomic mass is 16.5. The lowest BCUT2D eigenvalue weighted by atomic mass is 9.45. The van der Waals surface area contributed by atoms with Crippen LogP contribution in [0.1, 0.15) is 29.5 Å². The summed E-state index contributed by atoms with van der Waals surface area (Å²) in [6.45, 7) is 2.81. The molecule has 4 aromatic rings. The Bertz CT molecular complexity index is 2360. The summed E-state index contributed by atoms with van der Waals surface area (Å²) in [6, 6.07) is 29.6. The zero-order valence-corrected chi connectivity index (χ0v) is 32.4. The van der Waals surface area contributed by atoms with Gasteiger partial charge in [0.15, 0.2) is 23.1 Å². The van der Waals surface area contributed by atoms with Crippen molar-refractivity contribution in [3.05, 3.63) is 138 Å². The van der Waals surface area contributed by atoms with Crippen LogP contribution in [0.2, 0.25) is 0 Å². The number of phenolic OH excluding ortho intramolecular Hbond substituents is 1. The number of imide groups is 1. The van der Waals surface area contributed by atoms with Gasteiger partial charge in [-0.25, -0.2) is 0 Å². The molecule has 6 unspecified atom stereocenters. The molecule has 9 rings (SSSR count). The van der Waals surface area contributed by atoms with Gasteiger partial charge in [0.25, 0.3) is 0 Å². The van der Waals surface area contributed by atoms with Gasteiger partial charge in [-0.2, -0.15) is 0 Å². The van der Waals surface area contributed by atoms with Crippen molar-refractivity contribution in [2.75, 3.05) is 50.3 Å². The number of rotatable bonds is 8. The van der Waals surface area contributed by atoms with Gasteiger partial charge in [-0.1, -0.05) is 84.5 Å². The average molecular weight is 777 g/mol. The molecule has 10 heteroatoms. The minimum Gasteiger partial charge on any atom is -0.502 e. The van der Waals surface area contributed by atoms with Crippen LogP contribution in [0.25, 0.3) is 11.6 Å². The average Bonchev–Trinajstić information content (AvgIpc) is 3.53. The molecule has 6 atom stereocenters. The van der Waals surface area contributed by atoms with Crippen molar-refractivity contribution in [1.29, 1.82) is 0 Å². The van der Waals surface area contributed by atoms with E-state index in [1.807, 2.05) is 103 Å². The second-order valence-corrected chi connectivity index (χ2v) is 15.6. The third kappa shape index (κ3) is 5.88. The van der Waals surface area contributed by atoms with Crippen molar-refractivity contribution < 1.29 is 38.5 Å². The van der Waals surface area contributed by atoms with Crippen molar-refractivity contribution >= 4 is 46.4 Å². The van der Waals surface area contributed by atoms with Crippen molar-refractivity contribution in [1.82, 2.24) is 0 Å². The molecule has 2 saturated heterocycles. The molecule has 5 aliphatic rings. The minimum atomic E-state index is -1.35. The Morgan fingerprint density at radius 3 is 2.09 bits per heavy atom. The Morgan fingerprint density at radius 1 is 0.793 bits per heavy atom. The number of ether oxygens (including phenoxy) is 3. The molecule has 3 aliphatic carbocycles. The zero-order valence-electron chi connectivity index (χ0n) is 32.4. The van der Waals surface area contributed by atoms with Crippen LogP contribution in [0.3, 0.4) is 0 Å². The number of anilines is 2. The van der Waals surface area contributed by atoms with Crippen LogP contribution in [0.15, 0.2) is 121 Å². The number of aromatic hydroxyl groups is 1. The molecular weight excluding hydrogens is 733 g/mol. The van der Waals surface area contributed by atoms with Gasteiger partial charge < -0.3 is 24.2 Å². The van der Waals surface area contributed by atoms with Crippen molar-refractivity contribution in [2.24, 2.45) is 29.6 Å². The number of benzene rings is 4. The van der Waals surface area contributed by atoms with E-state index in [1.165, 1.54) is 25.2 Å². The highest BCUT2D eigenvalue weighted by molar-refractivity contribution is 6.31. The molecule has 1 saturated carbocycles. The summed E-state index contributed by atoms with van der Waals surface area (Å²) >= 11 is 0. The zero-order chi connectivity index (χ0) is 40.1. The fourth-order valence-corrected chi connectivity index (χ4v) is 10.2. The molecule has 1 N–H and O–H groups in total. The van der Waals surface area contributed by atoms with Gasteiger partial charge in [0.05, 0.1) is 50.4 Å². The fourth-order valence-electron chi connectivity index (χ4n) is 10.2. The second-order valence-electron chi connectivity index (χ2n) is 15.6. The molecule has 2 heterocycles. The number of Topliss-reactive ketones (excluding diaryl/α,β-unsaturated/α-hetero) is 1. The number of hydrogen-bond donors (Lipinski definition) is 1. The molecule has 0 spiro atoms. The largest absolute Gasteiger partial charge is 0.502 e. The predicted octanol–water partition coefficient (Wildman–Crippen LogP) is 6.82. The minimum absolute atomic E-state index is 0.141. The maximum Gasteiger partial charge on any atom is 0.238 e. The molecule has 3 fully saturated rings. The number of amides is 2. The molecule has 10 nitrogen and oxygen atoms in total. The first kappa shape index (κ1) is 37.3. The van der Waals surface area contributed by atoms with Gasteiger partial charge in [-0.05, 0) is 77.9 Å². The lowest BCUT2D eigenvalue weighted by Gasteiger charge is -2.54. The van der Waals surface area contributed by atoms with Gasteiger partial charge >= 0.3 is 0 Å². The molecular formula is C48H44N2O8. The molecule has 4 aromatic carbocycles. The summed E-state index contributed by atoms with van der Waals surface area (Å²) in [4.78, 5) is 63.1. The number of methoxy groups -OCH3 is 2. The monoisotopic (exact) mass is 776 g/mol. The molecule has 0 bridgehead atoms. The van der Waals surface area contributed by atoms with E-state index < -0.39 is 35.0 Å². The Labute approximate surface area is 337 Å². The number of phenols is 1. The van der Waals surface area contributed by atoms with E-state index in [1.54, 1.807) is 12.1 Å². The second kappa shape index (κ2) is 14.9. The number of morpholine rings is 1. The van der Waals surface area contributed by atoms with E-state index >= 15 is 9.59 Å². The normalized spacial score (nSPS) is 26.8. The Morgan fingerprint density at radius 2 is 1.43 bits per heavy atom. The maximum absolute atomic E-state index is 15.2. The van der Waals surface area contributed by atoms with E-state index in [4.69, 9.17) is 14.2 Å². The summed E-state index contributed by atoms with van der Waals surface area (Å²) in [5, 5.41) is 10.7. The highest BCUT2D eigenvalue weighted by Crippen LogP contribution is 2.61. The molecule has 58 heavy (non-hydrogen) atoms. The third-order valence-electron chi connectivity index (χ3n) is 12.9. The first-order valence-electron chi connectivity index (χ1n) is 19.8. The van der Waals surface area contributed by atoms with Crippen molar-refractivity contribution in [3.63, 3.8) is 0 Å². The predicted molar refractivity (Wildman–Crippen MR) is 220 cm³/mol. The van der Waals surface area contributed by atoms with E-state index in [-0.39, 0.29) is 47.1 Å². The summed E-state index contributed by atoms with van der Waals surface area (Å²) in [5.41, 5.74) is 3.35. The van der Waals surface area contributed by atoms with Gasteiger partial charge in [-0.3, -0.25) is 24.1 Å². The van der Waals surface area contributed by atoms with Gasteiger partial charge in [0.1, 0.15) is 0 Å². The quantitative estimate of drug-likeness (QED) is 0.152. The first-order chi connectivity index (χ1) is 28.3. The highest BCUT2D eigenvalue weighted by Gasteiger charge is 2.65. The van der Waals surface area contributed by atoms with Crippen LogP contribution < -0.4 is 19.3 Å². The van der Waals surface area contributed by atoms with Crippen molar-refractivity contribution in [3.8, 4) is 17.2 Å². The summed E-state index contributed by atoms with van der Waals surface area (Å²) in [5.74, 6) is -4.00. The number of ketones is 2. The van der Waals surface area contributed by atoms with Gasteiger partial charge in [0.2, 0.25) is 17.6 Å². The van der Waals surface area contributed by atoms with E-state index in [0.717, 1.165) is 24.4 Å². The topological polar surface area (TPSA) is 123 Å². The van der Waals surface area contributed by atoms with E-state index in [0.29, 0.717) is 47.6 Å². The Hall–Kier alpha value is -6.26. The summed E-state index contributed by atoms with van der Waals surface area (Å²) in [7, 11) is 2.91. The Kier molecular flexibility index (Phi) is 9.60. The van der Waals surface area contributed by atoms with E-state index in [2.05, 4.69) is 4.90 Å². The number of nitrogens with zero attached hydrogens (tertiary/aromatic N) is 2. The molecule has 294 valence electrons. The molecule has 2 amide bonds. The standard InChI is InChI=1S/C48H44N2O8/c1-56-40-25-29(26-41(57-2)45(40)53)13-20-38-34-18-19-35-43(47(55)50(46(35)54)33-16-14-32(15-17-33)49-21-23-58-24-22-49)37(34)27-39-44(52)36(30-9-5-3-6-10-30)28-42(51)48(38,39)31-11-7-4-8-12-31/h3-18,20,25-26,28,35,37-39,43,53H,19,21-24,27H2,1-2H3. The van der Waals surface area contributed by atoms with E-state index in [9.17, 15) is 14.7 Å². The molecule has 0 aromatic heterocycles. The number of hydrogen-bond acceptors (Lipinski definition) is 9. The maximum atomic E-state index is 15.2. The number of fused-ring (bicyclic) bond motifs is 4. The Balaban J connectivity index is 1.18. The first-order valence-corrected chi connectivity index (χ1v) is 19.8. The number of carbonyl (C=O) groups excluding carboxylic acids is 4. The molecule has 0 radical (unpaired) electrons. The SMILES string of the molecule is COc1cc(C=CC2C3=CCC4C(=O)N(c5ccc(N6CCOCC6)cc5)C(=O)C4C3CC3C(=O)C(c4ccccc4)=CC(=O)C23c2ccccc2)cc(OC)c1O. The van der Waals surface area contributed by atoms with Crippen molar-refractivity contribution in [2.45, 2.75) is 18.3 Å². The van der Waals surface area contributed by atoms with Gasteiger partial charge in [0, 0.05) is 36.2 Å². The van der Waals surface area contributed by atoms with Gasteiger partial charge in [-0.15, -0.1) is 0 Å². The van der Waals surface area contributed by atoms with Crippen LogP contribution in [0.4, 0.5) is 11.4 Å². The van der Waals surface area contributed by atoms with Crippen LogP contribution in [0, 0.1) is 29.6 Å². The summed E-state index contributed by atoms with van der Waals surface area (Å²) < 4.78 is 16.4. The summed E-state index contributed by atoms with van der Waals surface area (Å²) in [6.07, 6.45) is 7.88. The van der Waals surface area contributed by atoms with Crippen LogP contribution in [-0.4, -0.2) is 69.0 Å². The number of allylic oxidation sites excluding steroid dienone is 5. The smallest absolute Gasteiger partial charge is 0.238 e.